The molecule has 1 aromatic heterocycles. The summed E-state index contributed by atoms with van der Waals surface area (Å²) in [5, 5.41) is 5.78. The first-order valence-corrected chi connectivity index (χ1v) is 6.49. The van der Waals surface area contributed by atoms with E-state index >= 15 is 0 Å². The number of carbonyl (C=O) groups excluding carboxylic acids is 1. The number of anilines is 2. The molecule has 0 bridgehead atoms. The van der Waals surface area contributed by atoms with Gasteiger partial charge in [-0.1, -0.05) is 0 Å². The van der Waals surface area contributed by atoms with Crippen molar-refractivity contribution in [2.75, 3.05) is 24.2 Å². The van der Waals surface area contributed by atoms with Crippen molar-refractivity contribution < 1.29 is 9.53 Å². The van der Waals surface area contributed by atoms with Crippen molar-refractivity contribution in [2.45, 2.75) is 39.7 Å². The molecule has 0 saturated carbocycles. The quantitative estimate of drug-likeness (QED) is 0.698. The number of amides is 1. The van der Waals surface area contributed by atoms with Crippen LogP contribution in [0.4, 0.5) is 11.9 Å². The van der Waals surface area contributed by atoms with Crippen LogP contribution in [0.5, 0.6) is 6.01 Å². The summed E-state index contributed by atoms with van der Waals surface area (Å²) in [6.07, 6.45) is 0.312. The summed E-state index contributed by atoms with van der Waals surface area (Å²) in [4.78, 5) is 23.4. The fourth-order valence-corrected chi connectivity index (χ4v) is 1.41. The molecule has 0 unspecified atom stereocenters. The SMILES string of the molecule is CCOc1nc(N)nc(NCCC(=O)NC(C)(C)C)n1. The zero-order chi connectivity index (χ0) is 15.2. The maximum Gasteiger partial charge on any atom is 0.323 e. The van der Waals surface area contributed by atoms with Gasteiger partial charge >= 0.3 is 6.01 Å². The van der Waals surface area contributed by atoms with Crippen molar-refractivity contribution in [1.82, 2.24) is 20.3 Å². The highest BCUT2D eigenvalue weighted by atomic mass is 16.5. The summed E-state index contributed by atoms with van der Waals surface area (Å²) < 4.78 is 5.16. The third kappa shape index (κ3) is 6.17. The normalized spacial score (nSPS) is 11.0. The maximum atomic E-state index is 11.6. The van der Waals surface area contributed by atoms with E-state index in [1.807, 2.05) is 27.7 Å². The van der Waals surface area contributed by atoms with Crippen molar-refractivity contribution in [3.8, 4) is 6.01 Å². The van der Waals surface area contributed by atoms with Crippen molar-refractivity contribution in [1.29, 1.82) is 0 Å². The standard InChI is InChI=1S/C12H22N6O2/c1-5-20-11-16-9(13)15-10(17-11)14-7-6-8(19)18-12(2,3)4/h5-7H2,1-4H3,(H,18,19)(H3,13,14,15,16,17). The van der Waals surface area contributed by atoms with E-state index in [0.717, 1.165) is 0 Å². The van der Waals surface area contributed by atoms with Gasteiger partial charge in [-0.25, -0.2) is 0 Å². The first-order chi connectivity index (χ1) is 9.30. The molecule has 0 aromatic carbocycles. The van der Waals surface area contributed by atoms with Gasteiger partial charge in [-0.15, -0.1) is 0 Å². The Morgan fingerprint density at radius 3 is 2.60 bits per heavy atom. The maximum absolute atomic E-state index is 11.6. The molecule has 0 aliphatic rings. The van der Waals surface area contributed by atoms with Gasteiger partial charge in [-0.2, -0.15) is 15.0 Å². The monoisotopic (exact) mass is 282 g/mol. The average molecular weight is 282 g/mol. The number of nitrogens with zero attached hydrogens (tertiary/aromatic N) is 3. The van der Waals surface area contributed by atoms with Gasteiger partial charge in [-0.3, -0.25) is 4.79 Å². The largest absolute Gasteiger partial charge is 0.464 e. The van der Waals surface area contributed by atoms with Gasteiger partial charge in [0, 0.05) is 18.5 Å². The molecular weight excluding hydrogens is 260 g/mol. The number of nitrogens with one attached hydrogen (secondary N) is 2. The zero-order valence-corrected chi connectivity index (χ0v) is 12.4. The number of rotatable bonds is 6. The van der Waals surface area contributed by atoms with E-state index in [4.69, 9.17) is 10.5 Å². The number of carbonyl (C=O) groups is 1. The summed E-state index contributed by atoms with van der Waals surface area (Å²) >= 11 is 0. The first kappa shape index (κ1) is 15.9. The Hall–Kier alpha value is -2.12. The highest BCUT2D eigenvalue weighted by Gasteiger charge is 2.13. The minimum Gasteiger partial charge on any atom is -0.464 e. The Labute approximate surface area is 118 Å². The van der Waals surface area contributed by atoms with Crippen molar-refractivity contribution in [3.05, 3.63) is 0 Å². The molecule has 1 rings (SSSR count). The molecule has 8 heteroatoms. The zero-order valence-electron chi connectivity index (χ0n) is 12.4. The Morgan fingerprint density at radius 2 is 2.00 bits per heavy atom. The summed E-state index contributed by atoms with van der Waals surface area (Å²) in [5.41, 5.74) is 5.30. The lowest BCUT2D eigenvalue weighted by Crippen LogP contribution is -2.41. The summed E-state index contributed by atoms with van der Waals surface area (Å²) in [5.74, 6) is 0.326. The Balaban J connectivity index is 2.47. The second-order valence-electron chi connectivity index (χ2n) is 5.21. The molecule has 0 radical (unpaired) electrons. The van der Waals surface area contributed by atoms with Gasteiger partial charge in [0.15, 0.2) is 0 Å². The molecule has 0 atom stereocenters. The second kappa shape index (κ2) is 6.88. The number of aromatic nitrogens is 3. The topological polar surface area (TPSA) is 115 Å². The van der Waals surface area contributed by atoms with Crippen LogP contribution in [0.15, 0.2) is 0 Å². The highest BCUT2D eigenvalue weighted by Crippen LogP contribution is 2.08. The Bertz CT molecular complexity index is 458. The first-order valence-electron chi connectivity index (χ1n) is 6.49. The smallest absolute Gasteiger partial charge is 0.323 e. The summed E-state index contributed by atoms with van der Waals surface area (Å²) in [6.45, 7) is 8.45. The molecule has 0 spiro atoms. The van der Waals surface area contributed by atoms with Crippen LogP contribution < -0.4 is 21.1 Å². The van der Waals surface area contributed by atoms with Crippen LogP contribution in [0.25, 0.3) is 0 Å². The number of ether oxygens (including phenoxy) is 1. The van der Waals surface area contributed by atoms with Gasteiger partial charge in [0.05, 0.1) is 6.61 Å². The molecule has 4 N–H and O–H groups in total. The van der Waals surface area contributed by atoms with E-state index in [2.05, 4.69) is 25.6 Å². The molecule has 0 aliphatic carbocycles. The van der Waals surface area contributed by atoms with Crippen LogP contribution in [-0.4, -0.2) is 39.5 Å². The highest BCUT2D eigenvalue weighted by molar-refractivity contribution is 5.77. The fraction of sp³-hybridized carbons (Fsp3) is 0.667. The predicted octanol–water partition coefficient (Wildman–Crippen LogP) is 0.569. The van der Waals surface area contributed by atoms with Gasteiger partial charge in [0.1, 0.15) is 0 Å². The molecule has 0 fully saturated rings. The molecule has 0 aliphatic heterocycles. The Kier molecular flexibility index (Phi) is 5.48. The third-order valence-electron chi connectivity index (χ3n) is 2.06. The molecular formula is C12H22N6O2. The van der Waals surface area contributed by atoms with E-state index in [1.165, 1.54) is 0 Å². The van der Waals surface area contributed by atoms with E-state index in [-0.39, 0.29) is 23.4 Å². The van der Waals surface area contributed by atoms with E-state index in [0.29, 0.717) is 25.5 Å². The third-order valence-corrected chi connectivity index (χ3v) is 2.06. The van der Waals surface area contributed by atoms with Gasteiger partial charge in [0.25, 0.3) is 0 Å². The summed E-state index contributed by atoms with van der Waals surface area (Å²) in [7, 11) is 0. The minimum atomic E-state index is -0.239. The van der Waals surface area contributed by atoms with Crippen molar-refractivity contribution in [3.63, 3.8) is 0 Å². The number of hydrogen-bond acceptors (Lipinski definition) is 7. The van der Waals surface area contributed by atoms with Crippen molar-refractivity contribution >= 4 is 17.8 Å². The van der Waals surface area contributed by atoms with Gasteiger partial charge in [-0.05, 0) is 27.7 Å². The van der Waals surface area contributed by atoms with Crippen LogP contribution in [0.3, 0.4) is 0 Å². The average Bonchev–Trinajstić information content (AvgIpc) is 2.26. The van der Waals surface area contributed by atoms with Crippen LogP contribution in [0, 0.1) is 0 Å². The lowest BCUT2D eigenvalue weighted by molar-refractivity contribution is -0.122. The van der Waals surface area contributed by atoms with Crippen LogP contribution in [-0.2, 0) is 4.79 Å². The van der Waals surface area contributed by atoms with E-state index in [9.17, 15) is 4.79 Å². The molecule has 1 aromatic rings. The van der Waals surface area contributed by atoms with Gasteiger partial charge in [0.2, 0.25) is 17.8 Å². The molecule has 1 heterocycles. The van der Waals surface area contributed by atoms with E-state index < -0.39 is 0 Å². The van der Waals surface area contributed by atoms with Crippen LogP contribution in [0.2, 0.25) is 0 Å². The fourth-order valence-electron chi connectivity index (χ4n) is 1.41. The molecule has 8 nitrogen and oxygen atoms in total. The van der Waals surface area contributed by atoms with E-state index in [1.54, 1.807) is 0 Å². The molecule has 112 valence electrons. The second-order valence-corrected chi connectivity index (χ2v) is 5.21. The number of nitrogens with two attached hydrogens (primary N) is 1. The minimum absolute atomic E-state index is 0.0444. The van der Waals surface area contributed by atoms with Crippen molar-refractivity contribution in [2.24, 2.45) is 0 Å². The predicted molar refractivity (Wildman–Crippen MR) is 76.4 cm³/mol. The molecule has 1 amide bonds. The lowest BCUT2D eigenvalue weighted by Gasteiger charge is -2.20. The molecule has 0 saturated heterocycles. The lowest BCUT2D eigenvalue weighted by atomic mass is 10.1. The molecule has 20 heavy (non-hydrogen) atoms. The van der Waals surface area contributed by atoms with Gasteiger partial charge < -0.3 is 21.1 Å². The number of hydrogen-bond donors (Lipinski definition) is 3. The van der Waals surface area contributed by atoms with Crippen LogP contribution in [0.1, 0.15) is 34.1 Å². The Morgan fingerprint density at radius 1 is 1.30 bits per heavy atom. The number of nitrogen functional groups attached to an aromatic ring is 1. The van der Waals surface area contributed by atoms with Crippen LogP contribution >= 0.6 is 0 Å². The summed E-state index contributed by atoms with van der Waals surface area (Å²) in [6, 6.07) is 0.168.